The molecule has 1 aromatic rings. The lowest BCUT2D eigenvalue weighted by molar-refractivity contribution is -0.136. The van der Waals surface area contributed by atoms with E-state index in [9.17, 15) is 13.2 Å². The van der Waals surface area contributed by atoms with E-state index in [0.29, 0.717) is 12.2 Å². The zero-order valence-electron chi connectivity index (χ0n) is 12.4. The predicted octanol–water partition coefficient (Wildman–Crippen LogP) is 1.36. The summed E-state index contributed by atoms with van der Waals surface area (Å²) in [5, 5.41) is 8.60. The van der Waals surface area contributed by atoms with Crippen LogP contribution >= 0.6 is 0 Å². The van der Waals surface area contributed by atoms with Crippen molar-refractivity contribution in [3.8, 4) is 5.75 Å². The smallest absolute Gasteiger partial charge is 0.304 e. The van der Waals surface area contributed by atoms with Crippen molar-refractivity contribution in [2.24, 2.45) is 0 Å². The minimum atomic E-state index is -3.58. The zero-order valence-corrected chi connectivity index (χ0v) is 13.3. The third-order valence-corrected chi connectivity index (χ3v) is 5.30. The van der Waals surface area contributed by atoms with Gasteiger partial charge in [-0.1, -0.05) is 18.2 Å². The Bertz CT molecular complexity index is 585. The SMILES string of the molecule is COc1ccccc1CC(C)N(C)S(=O)(=O)CCC(=O)O. The number of likely N-dealkylation sites (N-methyl/N-ethyl adjacent to an activating group) is 1. The highest BCUT2D eigenvalue weighted by Gasteiger charge is 2.24. The number of nitrogens with zero attached hydrogens (tertiary/aromatic N) is 1. The third kappa shape index (κ3) is 5.02. The molecule has 0 aliphatic heterocycles. The standard InChI is InChI=1S/C14H21NO5S/c1-11(10-12-6-4-5-7-13(12)20-3)15(2)21(18,19)9-8-14(16)17/h4-7,11H,8-10H2,1-3H3,(H,16,17). The quantitative estimate of drug-likeness (QED) is 0.783. The Hall–Kier alpha value is -1.60. The molecule has 1 rings (SSSR count). The van der Waals surface area contributed by atoms with E-state index in [4.69, 9.17) is 9.84 Å². The number of methoxy groups -OCH3 is 1. The lowest BCUT2D eigenvalue weighted by Crippen LogP contribution is -2.38. The fraction of sp³-hybridized carbons (Fsp3) is 0.500. The van der Waals surface area contributed by atoms with E-state index >= 15 is 0 Å². The van der Waals surface area contributed by atoms with E-state index in [0.717, 1.165) is 5.56 Å². The average Bonchev–Trinajstić information content (AvgIpc) is 2.45. The lowest BCUT2D eigenvalue weighted by Gasteiger charge is -2.24. The van der Waals surface area contributed by atoms with Crippen molar-refractivity contribution in [1.82, 2.24) is 4.31 Å². The molecule has 7 heteroatoms. The molecule has 0 bridgehead atoms. The van der Waals surface area contributed by atoms with Gasteiger partial charge in [0.2, 0.25) is 10.0 Å². The Morgan fingerprint density at radius 3 is 2.57 bits per heavy atom. The van der Waals surface area contributed by atoms with Crippen molar-refractivity contribution in [3.63, 3.8) is 0 Å². The molecular formula is C14H21NO5S. The molecule has 0 aliphatic carbocycles. The van der Waals surface area contributed by atoms with Crippen LogP contribution in [-0.2, 0) is 21.2 Å². The van der Waals surface area contributed by atoms with Gasteiger partial charge in [0.05, 0.1) is 19.3 Å². The Labute approximate surface area is 125 Å². The van der Waals surface area contributed by atoms with E-state index in [1.165, 1.54) is 11.4 Å². The first kappa shape index (κ1) is 17.5. The molecule has 0 saturated heterocycles. The van der Waals surface area contributed by atoms with Gasteiger partial charge in [-0.25, -0.2) is 12.7 Å². The third-order valence-electron chi connectivity index (χ3n) is 3.34. The normalized spacial score (nSPS) is 13.1. The lowest BCUT2D eigenvalue weighted by atomic mass is 10.1. The molecule has 0 spiro atoms. The molecule has 118 valence electrons. The fourth-order valence-corrected chi connectivity index (χ4v) is 3.30. The summed E-state index contributed by atoms with van der Waals surface area (Å²) in [4.78, 5) is 10.5. The molecule has 0 amide bonds. The summed E-state index contributed by atoms with van der Waals surface area (Å²) >= 11 is 0. The molecular weight excluding hydrogens is 294 g/mol. The first-order chi connectivity index (χ1) is 9.77. The second-order valence-corrected chi connectivity index (χ2v) is 6.99. The maximum Gasteiger partial charge on any atom is 0.304 e. The van der Waals surface area contributed by atoms with Gasteiger partial charge in [0.25, 0.3) is 0 Å². The molecule has 0 aromatic heterocycles. The minimum Gasteiger partial charge on any atom is -0.496 e. The molecule has 6 nitrogen and oxygen atoms in total. The van der Waals surface area contributed by atoms with Crippen LogP contribution in [0.3, 0.4) is 0 Å². The molecule has 0 saturated carbocycles. The Morgan fingerprint density at radius 1 is 1.38 bits per heavy atom. The van der Waals surface area contributed by atoms with Crippen molar-refractivity contribution in [1.29, 1.82) is 0 Å². The molecule has 0 fully saturated rings. The highest BCUT2D eigenvalue weighted by Crippen LogP contribution is 2.21. The number of aliphatic carboxylic acids is 1. The fourth-order valence-electron chi connectivity index (χ4n) is 1.95. The number of hydrogen-bond donors (Lipinski definition) is 1. The number of para-hydroxylation sites is 1. The molecule has 21 heavy (non-hydrogen) atoms. The Morgan fingerprint density at radius 2 is 2.00 bits per heavy atom. The summed E-state index contributed by atoms with van der Waals surface area (Å²) in [6.07, 6.45) is 0.0981. The maximum atomic E-state index is 12.1. The number of ether oxygens (including phenoxy) is 1. The van der Waals surface area contributed by atoms with Gasteiger partial charge in [-0.2, -0.15) is 0 Å². The van der Waals surface area contributed by atoms with Crippen LogP contribution in [0, 0.1) is 0 Å². The molecule has 0 radical (unpaired) electrons. The molecule has 1 unspecified atom stereocenters. The molecule has 1 atom stereocenters. The van der Waals surface area contributed by atoms with E-state index < -0.39 is 28.2 Å². The number of carboxylic acids is 1. The van der Waals surface area contributed by atoms with Gasteiger partial charge in [0.15, 0.2) is 0 Å². The first-order valence-electron chi connectivity index (χ1n) is 6.57. The van der Waals surface area contributed by atoms with Crippen LogP contribution in [-0.4, -0.2) is 49.8 Å². The molecule has 1 aromatic carbocycles. The monoisotopic (exact) mass is 315 g/mol. The summed E-state index contributed by atoms with van der Waals surface area (Å²) in [6, 6.07) is 7.12. The average molecular weight is 315 g/mol. The summed E-state index contributed by atoms with van der Waals surface area (Å²) in [7, 11) is -0.547. The van der Waals surface area contributed by atoms with Crippen LogP contribution in [0.5, 0.6) is 5.75 Å². The molecule has 0 aliphatic rings. The van der Waals surface area contributed by atoms with Gasteiger partial charge < -0.3 is 9.84 Å². The van der Waals surface area contributed by atoms with Gasteiger partial charge >= 0.3 is 5.97 Å². The summed E-state index contributed by atoms with van der Waals surface area (Å²) in [5.41, 5.74) is 0.910. The highest BCUT2D eigenvalue weighted by atomic mass is 32.2. The first-order valence-corrected chi connectivity index (χ1v) is 8.18. The van der Waals surface area contributed by atoms with Crippen LogP contribution in [0.15, 0.2) is 24.3 Å². The van der Waals surface area contributed by atoms with Crippen molar-refractivity contribution in [3.05, 3.63) is 29.8 Å². The van der Waals surface area contributed by atoms with Crippen molar-refractivity contribution in [2.75, 3.05) is 19.9 Å². The maximum absolute atomic E-state index is 12.1. The zero-order chi connectivity index (χ0) is 16.0. The van der Waals surface area contributed by atoms with E-state index in [-0.39, 0.29) is 6.04 Å². The molecule has 1 N–H and O–H groups in total. The highest BCUT2D eigenvalue weighted by molar-refractivity contribution is 7.89. The van der Waals surface area contributed by atoms with Crippen LogP contribution in [0.25, 0.3) is 0 Å². The number of sulfonamides is 1. The van der Waals surface area contributed by atoms with E-state index in [1.807, 2.05) is 24.3 Å². The van der Waals surface area contributed by atoms with Gasteiger partial charge in [-0.15, -0.1) is 0 Å². The van der Waals surface area contributed by atoms with Crippen molar-refractivity contribution in [2.45, 2.75) is 25.8 Å². The van der Waals surface area contributed by atoms with Crippen LogP contribution < -0.4 is 4.74 Å². The van der Waals surface area contributed by atoms with Crippen LogP contribution in [0.4, 0.5) is 0 Å². The van der Waals surface area contributed by atoms with Crippen molar-refractivity contribution >= 4 is 16.0 Å². The van der Waals surface area contributed by atoms with Gasteiger partial charge in [-0.3, -0.25) is 4.79 Å². The Balaban J connectivity index is 2.78. The number of rotatable bonds is 8. The van der Waals surface area contributed by atoms with E-state index in [1.54, 1.807) is 14.0 Å². The largest absolute Gasteiger partial charge is 0.496 e. The van der Waals surface area contributed by atoms with Crippen molar-refractivity contribution < 1.29 is 23.1 Å². The van der Waals surface area contributed by atoms with Crippen LogP contribution in [0.2, 0.25) is 0 Å². The second kappa shape index (κ2) is 7.42. The number of hydrogen-bond acceptors (Lipinski definition) is 4. The minimum absolute atomic E-state index is 0.292. The van der Waals surface area contributed by atoms with Crippen LogP contribution in [0.1, 0.15) is 18.9 Å². The van der Waals surface area contributed by atoms with Gasteiger partial charge in [0, 0.05) is 13.1 Å². The van der Waals surface area contributed by atoms with Gasteiger partial charge in [0.1, 0.15) is 5.75 Å². The number of carbonyl (C=O) groups is 1. The summed E-state index contributed by atoms with van der Waals surface area (Å²) in [5.74, 6) is -0.806. The number of benzene rings is 1. The topological polar surface area (TPSA) is 83.9 Å². The molecule has 0 heterocycles. The predicted molar refractivity (Wildman–Crippen MR) is 80.0 cm³/mol. The van der Waals surface area contributed by atoms with Gasteiger partial charge in [-0.05, 0) is 25.0 Å². The second-order valence-electron chi connectivity index (χ2n) is 4.84. The van der Waals surface area contributed by atoms with E-state index in [2.05, 4.69) is 0 Å². The summed E-state index contributed by atoms with van der Waals surface area (Å²) < 4.78 is 30.6. The number of carboxylic acid groups (broad SMARTS) is 1. The Kier molecular flexibility index (Phi) is 6.17. The summed E-state index contributed by atoms with van der Waals surface area (Å²) in [6.45, 7) is 1.78.